The fourth-order valence-corrected chi connectivity index (χ4v) is 5.69. The van der Waals surface area contributed by atoms with Crippen molar-refractivity contribution < 1.29 is 9.90 Å². The summed E-state index contributed by atoms with van der Waals surface area (Å²) in [5.41, 5.74) is 0.554. The Bertz CT molecular complexity index is 670. The second-order valence-electron chi connectivity index (χ2n) is 8.09. The highest BCUT2D eigenvalue weighted by atomic mass is 35.5. The number of carbonyl (C=O) groups excluding carboxylic acids is 1. The number of aliphatic hydroxyl groups is 1. The van der Waals surface area contributed by atoms with Crippen LogP contribution in [-0.4, -0.2) is 47.7 Å². The van der Waals surface area contributed by atoms with Crippen molar-refractivity contribution in [3.63, 3.8) is 0 Å². The minimum atomic E-state index is -0.309. The first-order valence-electron chi connectivity index (χ1n) is 9.68. The van der Waals surface area contributed by atoms with Crippen LogP contribution in [0.25, 0.3) is 0 Å². The lowest BCUT2D eigenvalue weighted by atomic mass is 9.78. The maximum absolute atomic E-state index is 13.4. The molecular formula is C20H26Cl2N2O2. The van der Waals surface area contributed by atoms with Gasteiger partial charge in [-0.2, -0.15) is 0 Å². The lowest BCUT2D eigenvalue weighted by Crippen LogP contribution is -2.50. The number of rotatable bonds is 2. The van der Waals surface area contributed by atoms with E-state index in [4.69, 9.17) is 23.2 Å². The summed E-state index contributed by atoms with van der Waals surface area (Å²) in [5.74, 6) is 0.298. The standard InChI is InChI=1S/C20H26Cl2N2O2/c21-16-3-1-4-17(22)18(16)23-11-2-9-20(13-23)10-12-24(19(20)26)14-5-7-15(25)8-6-14/h1,3-4,14-15,25H,2,5-13H2/t14-,15-,20-/m0/s1. The molecule has 1 atom stereocenters. The number of carbonyl (C=O) groups is 1. The number of anilines is 1. The summed E-state index contributed by atoms with van der Waals surface area (Å²) in [4.78, 5) is 17.7. The van der Waals surface area contributed by atoms with Gasteiger partial charge in [0.05, 0.1) is 27.3 Å². The molecule has 142 valence electrons. The fourth-order valence-electron chi connectivity index (χ4n) is 5.06. The largest absolute Gasteiger partial charge is 0.393 e. The molecule has 4 rings (SSSR count). The summed E-state index contributed by atoms with van der Waals surface area (Å²) in [6.45, 7) is 2.42. The van der Waals surface area contributed by atoms with Crippen LogP contribution in [0.15, 0.2) is 18.2 Å². The summed E-state index contributed by atoms with van der Waals surface area (Å²) in [6.07, 6.45) is 6.09. The Labute approximate surface area is 165 Å². The second kappa shape index (κ2) is 7.21. The topological polar surface area (TPSA) is 43.8 Å². The van der Waals surface area contributed by atoms with Gasteiger partial charge in [0.25, 0.3) is 0 Å². The van der Waals surface area contributed by atoms with E-state index < -0.39 is 0 Å². The third-order valence-corrected chi connectivity index (χ3v) is 7.09. The van der Waals surface area contributed by atoms with E-state index in [0.717, 1.165) is 63.7 Å². The Hall–Kier alpha value is -0.970. The van der Waals surface area contributed by atoms with Crippen molar-refractivity contribution in [2.45, 2.75) is 57.1 Å². The van der Waals surface area contributed by atoms with Crippen molar-refractivity contribution in [2.24, 2.45) is 5.41 Å². The number of halogens is 2. The van der Waals surface area contributed by atoms with E-state index in [1.54, 1.807) is 0 Å². The molecule has 2 saturated heterocycles. The van der Waals surface area contributed by atoms with Crippen LogP contribution in [0, 0.1) is 5.41 Å². The first-order valence-corrected chi connectivity index (χ1v) is 10.4. The van der Waals surface area contributed by atoms with Gasteiger partial charge in [-0.15, -0.1) is 0 Å². The molecular weight excluding hydrogens is 371 g/mol. The van der Waals surface area contributed by atoms with Crippen LogP contribution in [0.5, 0.6) is 0 Å². The smallest absolute Gasteiger partial charge is 0.230 e. The summed E-state index contributed by atoms with van der Waals surface area (Å²) >= 11 is 12.8. The first-order chi connectivity index (χ1) is 12.5. The van der Waals surface area contributed by atoms with Crippen molar-refractivity contribution in [2.75, 3.05) is 24.5 Å². The molecule has 2 aliphatic heterocycles. The summed E-state index contributed by atoms with van der Waals surface area (Å²) < 4.78 is 0. The van der Waals surface area contributed by atoms with Crippen molar-refractivity contribution in [3.05, 3.63) is 28.2 Å². The molecule has 1 aliphatic carbocycles. The molecule has 0 unspecified atom stereocenters. The molecule has 1 spiro atoms. The van der Waals surface area contributed by atoms with E-state index >= 15 is 0 Å². The number of para-hydroxylation sites is 1. The van der Waals surface area contributed by atoms with Gasteiger partial charge in [0.15, 0.2) is 0 Å². The van der Waals surface area contributed by atoms with Crippen molar-refractivity contribution in [1.82, 2.24) is 4.90 Å². The molecule has 1 N–H and O–H groups in total. The molecule has 1 saturated carbocycles. The zero-order valence-corrected chi connectivity index (χ0v) is 16.5. The van der Waals surface area contributed by atoms with Crippen molar-refractivity contribution in [1.29, 1.82) is 0 Å². The Morgan fingerprint density at radius 1 is 1.04 bits per heavy atom. The molecule has 0 radical (unpaired) electrons. The second-order valence-corrected chi connectivity index (χ2v) is 8.90. The third kappa shape index (κ3) is 3.21. The van der Waals surface area contributed by atoms with E-state index in [9.17, 15) is 9.90 Å². The molecule has 26 heavy (non-hydrogen) atoms. The lowest BCUT2D eigenvalue weighted by molar-refractivity contribution is -0.139. The number of hydrogen-bond acceptors (Lipinski definition) is 3. The number of aliphatic hydroxyl groups excluding tert-OH is 1. The highest BCUT2D eigenvalue weighted by Crippen LogP contribution is 2.45. The van der Waals surface area contributed by atoms with Crippen molar-refractivity contribution in [3.8, 4) is 0 Å². The predicted octanol–water partition coefficient (Wildman–Crippen LogP) is 4.12. The van der Waals surface area contributed by atoms with Gasteiger partial charge in [0.2, 0.25) is 5.91 Å². The minimum absolute atomic E-state index is 0.189. The molecule has 1 aromatic rings. The number of hydrogen-bond donors (Lipinski definition) is 1. The van der Waals surface area contributed by atoms with Gasteiger partial charge in [-0.25, -0.2) is 0 Å². The Morgan fingerprint density at radius 2 is 1.73 bits per heavy atom. The van der Waals surface area contributed by atoms with Crippen LogP contribution in [0.1, 0.15) is 44.9 Å². The number of amides is 1. The van der Waals surface area contributed by atoms with Crippen LogP contribution in [0.4, 0.5) is 5.69 Å². The Kier molecular flexibility index (Phi) is 5.10. The quantitative estimate of drug-likeness (QED) is 0.817. The van der Waals surface area contributed by atoms with Gasteiger partial charge < -0.3 is 14.9 Å². The van der Waals surface area contributed by atoms with E-state index in [2.05, 4.69) is 9.80 Å². The minimum Gasteiger partial charge on any atom is -0.393 e. The average molecular weight is 397 g/mol. The highest BCUT2D eigenvalue weighted by molar-refractivity contribution is 6.39. The average Bonchev–Trinajstić information content (AvgIpc) is 2.92. The number of benzene rings is 1. The van der Waals surface area contributed by atoms with Gasteiger partial charge >= 0.3 is 0 Å². The summed E-state index contributed by atoms with van der Waals surface area (Å²) in [5, 5.41) is 11.1. The number of likely N-dealkylation sites (tertiary alicyclic amines) is 1. The lowest BCUT2D eigenvalue weighted by Gasteiger charge is -2.42. The Morgan fingerprint density at radius 3 is 2.42 bits per heavy atom. The molecule has 1 amide bonds. The van der Waals surface area contributed by atoms with E-state index in [-0.39, 0.29) is 11.5 Å². The van der Waals surface area contributed by atoms with E-state index in [0.29, 0.717) is 28.5 Å². The molecule has 0 aromatic heterocycles. The first kappa shape index (κ1) is 18.4. The SMILES string of the molecule is O=C1N([C@H]2CC[C@H](O)CC2)CC[C@]12CCCN(c1c(Cl)cccc1Cl)C2. The van der Waals surface area contributed by atoms with Crippen LogP contribution < -0.4 is 4.90 Å². The monoisotopic (exact) mass is 396 g/mol. The zero-order chi connectivity index (χ0) is 18.3. The predicted molar refractivity (Wildman–Crippen MR) is 105 cm³/mol. The van der Waals surface area contributed by atoms with Crippen LogP contribution in [0.3, 0.4) is 0 Å². The van der Waals surface area contributed by atoms with E-state index in [1.165, 1.54) is 0 Å². The molecule has 4 nitrogen and oxygen atoms in total. The summed E-state index contributed by atoms with van der Waals surface area (Å²) in [7, 11) is 0. The number of nitrogens with zero attached hydrogens (tertiary/aromatic N) is 2. The molecule has 3 aliphatic rings. The fraction of sp³-hybridized carbons (Fsp3) is 0.650. The Balaban J connectivity index is 1.53. The highest BCUT2D eigenvalue weighted by Gasteiger charge is 2.50. The molecule has 3 fully saturated rings. The molecule has 2 heterocycles. The summed E-state index contributed by atoms with van der Waals surface area (Å²) in [6, 6.07) is 5.87. The normalized spacial score (nSPS) is 32.5. The van der Waals surface area contributed by atoms with Crippen LogP contribution in [0.2, 0.25) is 10.0 Å². The third-order valence-electron chi connectivity index (χ3n) is 6.48. The van der Waals surface area contributed by atoms with Gasteiger partial charge in [-0.1, -0.05) is 29.3 Å². The number of piperidine rings is 1. The van der Waals surface area contributed by atoms with E-state index in [1.807, 2.05) is 18.2 Å². The zero-order valence-electron chi connectivity index (χ0n) is 15.0. The van der Waals surface area contributed by atoms with Gasteiger partial charge in [-0.05, 0) is 57.1 Å². The van der Waals surface area contributed by atoms with Crippen LogP contribution >= 0.6 is 23.2 Å². The van der Waals surface area contributed by atoms with Crippen molar-refractivity contribution >= 4 is 34.8 Å². The maximum Gasteiger partial charge on any atom is 0.230 e. The molecule has 6 heteroatoms. The molecule has 1 aromatic carbocycles. The maximum atomic E-state index is 13.4. The van der Waals surface area contributed by atoms with Gasteiger partial charge in [0, 0.05) is 25.7 Å². The van der Waals surface area contributed by atoms with Crippen LogP contribution in [-0.2, 0) is 4.79 Å². The van der Waals surface area contributed by atoms with Gasteiger partial charge in [0.1, 0.15) is 0 Å². The van der Waals surface area contributed by atoms with Gasteiger partial charge in [-0.3, -0.25) is 4.79 Å². The molecule has 0 bridgehead atoms.